The first kappa shape index (κ1) is 16.7. The van der Waals surface area contributed by atoms with Crippen LogP contribution in [0.2, 0.25) is 0 Å². The van der Waals surface area contributed by atoms with Crippen molar-refractivity contribution >= 4 is 5.91 Å². The van der Waals surface area contributed by atoms with E-state index in [9.17, 15) is 4.79 Å². The number of carbonyl (C=O) groups is 1. The number of rotatable bonds is 4. The van der Waals surface area contributed by atoms with Gasteiger partial charge in [0, 0.05) is 12.7 Å². The number of aromatic nitrogens is 2. The summed E-state index contributed by atoms with van der Waals surface area (Å²) in [6.45, 7) is 6.63. The standard InChI is InChI=1S/C19H25N3O2/c1-13-5-7-14(8-6-13)22-17-10-19(2,3)9-16(15(17)11-20-22)21-18(23)12-24-4/h5-8,11,16H,9-10,12H2,1-4H3,(H,21,23)/t16-/m1/s1. The van der Waals surface area contributed by atoms with E-state index in [4.69, 9.17) is 4.74 Å². The van der Waals surface area contributed by atoms with Gasteiger partial charge in [-0.1, -0.05) is 31.5 Å². The molecule has 3 rings (SSSR count). The van der Waals surface area contributed by atoms with E-state index in [1.165, 1.54) is 18.4 Å². The minimum atomic E-state index is -0.0887. The fourth-order valence-electron chi connectivity index (χ4n) is 3.45. The molecule has 5 nitrogen and oxygen atoms in total. The van der Waals surface area contributed by atoms with E-state index in [1.807, 2.05) is 10.9 Å². The Kier molecular flexibility index (Phi) is 4.45. The summed E-state index contributed by atoms with van der Waals surface area (Å²) in [7, 11) is 1.53. The molecule has 0 saturated carbocycles. The van der Waals surface area contributed by atoms with Gasteiger partial charge in [-0.05, 0) is 37.3 Å². The largest absolute Gasteiger partial charge is 0.375 e. The van der Waals surface area contributed by atoms with Gasteiger partial charge in [-0.25, -0.2) is 4.68 Å². The molecule has 1 amide bonds. The number of carbonyl (C=O) groups excluding carboxylic acids is 1. The molecular weight excluding hydrogens is 302 g/mol. The van der Waals surface area contributed by atoms with Crippen LogP contribution in [0, 0.1) is 12.3 Å². The summed E-state index contributed by atoms with van der Waals surface area (Å²) in [5.41, 5.74) is 4.67. The molecule has 0 bridgehead atoms. The molecule has 1 atom stereocenters. The molecule has 0 radical (unpaired) electrons. The smallest absolute Gasteiger partial charge is 0.246 e. The van der Waals surface area contributed by atoms with Gasteiger partial charge in [-0.15, -0.1) is 0 Å². The Hall–Kier alpha value is -2.14. The van der Waals surface area contributed by atoms with E-state index in [0.717, 1.165) is 24.1 Å². The summed E-state index contributed by atoms with van der Waals surface area (Å²) < 4.78 is 6.94. The van der Waals surface area contributed by atoms with Gasteiger partial charge in [0.05, 0.1) is 23.6 Å². The zero-order valence-electron chi connectivity index (χ0n) is 14.8. The van der Waals surface area contributed by atoms with E-state index in [0.29, 0.717) is 0 Å². The van der Waals surface area contributed by atoms with Crippen molar-refractivity contribution in [3.8, 4) is 5.69 Å². The van der Waals surface area contributed by atoms with Crippen LogP contribution in [-0.2, 0) is 16.0 Å². The van der Waals surface area contributed by atoms with Crippen molar-refractivity contribution in [1.82, 2.24) is 15.1 Å². The van der Waals surface area contributed by atoms with Gasteiger partial charge in [-0.3, -0.25) is 4.79 Å². The number of ether oxygens (including phenoxy) is 1. The quantitative estimate of drug-likeness (QED) is 0.939. The van der Waals surface area contributed by atoms with Crippen molar-refractivity contribution in [2.75, 3.05) is 13.7 Å². The number of hydrogen-bond donors (Lipinski definition) is 1. The molecular formula is C19H25N3O2. The molecule has 1 aliphatic rings. The van der Waals surface area contributed by atoms with Gasteiger partial charge in [0.25, 0.3) is 0 Å². The van der Waals surface area contributed by atoms with Gasteiger partial charge in [0.15, 0.2) is 0 Å². The molecule has 1 aromatic heterocycles. The monoisotopic (exact) mass is 327 g/mol. The zero-order chi connectivity index (χ0) is 17.3. The highest BCUT2D eigenvalue weighted by molar-refractivity contribution is 5.77. The molecule has 128 valence electrons. The maximum atomic E-state index is 12.0. The van der Waals surface area contributed by atoms with Gasteiger partial charge in [-0.2, -0.15) is 5.10 Å². The maximum absolute atomic E-state index is 12.0. The second-order valence-electron chi connectivity index (χ2n) is 7.39. The summed E-state index contributed by atoms with van der Waals surface area (Å²) >= 11 is 0. The minimum absolute atomic E-state index is 0.0226. The van der Waals surface area contributed by atoms with Gasteiger partial charge in [0.2, 0.25) is 5.91 Å². The number of benzene rings is 1. The first-order chi connectivity index (χ1) is 11.4. The molecule has 1 aliphatic carbocycles. The summed E-state index contributed by atoms with van der Waals surface area (Å²) in [5.74, 6) is -0.0887. The molecule has 0 fully saturated rings. The highest BCUT2D eigenvalue weighted by Crippen LogP contribution is 2.41. The van der Waals surface area contributed by atoms with Crippen LogP contribution in [-0.4, -0.2) is 29.4 Å². The average molecular weight is 327 g/mol. The minimum Gasteiger partial charge on any atom is -0.375 e. The van der Waals surface area contributed by atoms with Crippen molar-refractivity contribution in [3.63, 3.8) is 0 Å². The number of nitrogens with zero attached hydrogens (tertiary/aromatic N) is 2. The Labute approximate surface area is 143 Å². The summed E-state index contributed by atoms with van der Waals surface area (Å²) in [6, 6.07) is 8.33. The van der Waals surface area contributed by atoms with E-state index in [1.54, 1.807) is 0 Å². The molecule has 5 heteroatoms. The summed E-state index contributed by atoms with van der Waals surface area (Å²) in [4.78, 5) is 12.0. The molecule has 2 aromatic rings. The predicted octanol–water partition coefficient (Wildman–Crippen LogP) is 2.96. The highest BCUT2D eigenvalue weighted by atomic mass is 16.5. The van der Waals surface area contributed by atoms with Crippen LogP contribution in [0.25, 0.3) is 5.69 Å². The number of nitrogens with one attached hydrogen (secondary N) is 1. The lowest BCUT2D eigenvalue weighted by atomic mass is 9.74. The number of hydrogen-bond acceptors (Lipinski definition) is 3. The SMILES string of the molecule is COCC(=O)N[C@@H]1CC(C)(C)Cc2c1cnn2-c1ccc(C)cc1. The number of methoxy groups -OCH3 is 1. The Balaban J connectivity index is 1.96. The molecule has 1 heterocycles. The van der Waals surface area contributed by atoms with Gasteiger partial charge >= 0.3 is 0 Å². The van der Waals surface area contributed by atoms with Crippen molar-refractivity contribution in [1.29, 1.82) is 0 Å². The first-order valence-corrected chi connectivity index (χ1v) is 8.32. The third-order valence-corrected chi connectivity index (χ3v) is 4.57. The lowest BCUT2D eigenvalue weighted by molar-refractivity contribution is -0.125. The van der Waals surface area contributed by atoms with Crippen molar-refractivity contribution in [2.45, 2.75) is 39.7 Å². The van der Waals surface area contributed by atoms with Crippen LogP contribution in [0.4, 0.5) is 0 Å². The number of amides is 1. The van der Waals surface area contributed by atoms with E-state index >= 15 is 0 Å². The lowest BCUT2D eigenvalue weighted by Crippen LogP contribution is -2.38. The normalized spacial score (nSPS) is 18.9. The van der Waals surface area contributed by atoms with Crippen LogP contribution in [0.3, 0.4) is 0 Å². The molecule has 1 aromatic carbocycles. The number of fused-ring (bicyclic) bond motifs is 1. The topological polar surface area (TPSA) is 56.1 Å². The molecule has 0 spiro atoms. The average Bonchev–Trinajstić information content (AvgIpc) is 2.90. The van der Waals surface area contributed by atoms with Crippen molar-refractivity contribution in [2.24, 2.45) is 5.41 Å². The summed E-state index contributed by atoms with van der Waals surface area (Å²) in [6.07, 6.45) is 3.73. The van der Waals surface area contributed by atoms with Gasteiger partial charge in [0.1, 0.15) is 6.61 Å². The van der Waals surface area contributed by atoms with Crippen molar-refractivity contribution < 1.29 is 9.53 Å². The third-order valence-electron chi connectivity index (χ3n) is 4.57. The summed E-state index contributed by atoms with van der Waals surface area (Å²) in [5, 5.41) is 7.69. The lowest BCUT2D eigenvalue weighted by Gasteiger charge is -2.36. The fourth-order valence-corrected chi connectivity index (χ4v) is 3.45. The second-order valence-corrected chi connectivity index (χ2v) is 7.39. The van der Waals surface area contributed by atoms with Crippen LogP contribution in [0.15, 0.2) is 30.5 Å². The Morgan fingerprint density at radius 3 is 2.75 bits per heavy atom. The Bertz CT molecular complexity index is 732. The van der Waals surface area contributed by atoms with E-state index < -0.39 is 0 Å². The Morgan fingerprint density at radius 2 is 2.08 bits per heavy atom. The third kappa shape index (κ3) is 3.36. The van der Waals surface area contributed by atoms with Crippen LogP contribution in [0.5, 0.6) is 0 Å². The van der Waals surface area contributed by atoms with Crippen molar-refractivity contribution in [3.05, 3.63) is 47.3 Å². The Morgan fingerprint density at radius 1 is 1.38 bits per heavy atom. The second kappa shape index (κ2) is 6.40. The van der Waals surface area contributed by atoms with Crippen LogP contribution >= 0.6 is 0 Å². The molecule has 0 unspecified atom stereocenters. The van der Waals surface area contributed by atoms with Crippen LogP contribution in [0.1, 0.15) is 43.1 Å². The molecule has 0 saturated heterocycles. The highest BCUT2D eigenvalue weighted by Gasteiger charge is 2.35. The molecule has 24 heavy (non-hydrogen) atoms. The van der Waals surface area contributed by atoms with E-state index in [2.05, 4.69) is 55.5 Å². The van der Waals surface area contributed by atoms with Crippen LogP contribution < -0.4 is 5.32 Å². The molecule has 0 aliphatic heterocycles. The maximum Gasteiger partial charge on any atom is 0.246 e. The molecule has 1 N–H and O–H groups in total. The zero-order valence-corrected chi connectivity index (χ0v) is 14.8. The number of aryl methyl sites for hydroxylation is 1. The first-order valence-electron chi connectivity index (χ1n) is 8.32. The van der Waals surface area contributed by atoms with Gasteiger partial charge < -0.3 is 10.1 Å². The van der Waals surface area contributed by atoms with E-state index in [-0.39, 0.29) is 24.0 Å². The predicted molar refractivity (Wildman–Crippen MR) is 93.2 cm³/mol. The fraction of sp³-hybridized carbons (Fsp3) is 0.474.